The van der Waals surface area contributed by atoms with Gasteiger partial charge in [-0.25, -0.2) is 9.78 Å². The van der Waals surface area contributed by atoms with Crippen molar-refractivity contribution in [1.82, 2.24) is 19.9 Å². The molecule has 2 fully saturated rings. The smallest absolute Gasteiger partial charge is 0.407 e. The summed E-state index contributed by atoms with van der Waals surface area (Å²) in [6.07, 6.45) is 1.14. The molecule has 2 saturated heterocycles. The summed E-state index contributed by atoms with van der Waals surface area (Å²) in [5, 5.41) is 13.4. The quantitative estimate of drug-likeness (QED) is 0.912. The maximum absolute atomic E-state index is 11.2. The molecule has 0 aromatic carbocycles. The lowest BCUT2D eigenvalue weighted by molar-refractivity contribution is 0.0700. The largest absolute Gasteiger partial charge is 0.465 e. The van der Waals surface area contributed by atoms with Gasteiger partial charge in [-0.2, -0.15) is 0 Å². The first kappa shape index (κ1) is 15.1. The standard InChI is InChI=1S/C17H20N4O3/c1-11-3-2-4-13(18-11)16-9-14(19-24-16)15-6-5-12-10-20(17(22)23)7-8-21(12)15/h2-4,9,12,15H,5-8,10H2,1H3,(H,22,23)/t12-,15+/m0/s1. The predicted octanol–water partition coefficient (Wildman–Crippen LogP) is 2.54. The summed E-state index contributed by atoms with van der Waals surface area (Å²) in [5.41, 5.74) is 2.65. The average molecular weight is 328 g/mol. The highest BCUT2D eigenvalue weighted by Gasteiger charge is 2.40. The van der Waals surface area contributed by atoms with Crippen molar-refractivity contribution in [2.24, 2.45) is 0 Å². The van der Waals surface area contributed by atoms with Crippen LogP contribution in [0.2, 0.25) is 0 Å². The van der Waals surface area contributed by atoms with E-state index >= 15 is 0 Å². The Balaban J connectivity index is 1.53. The molecule has 2 aliphatic rings. The Labute approximate surface area is 139 Å². The van der Waals surface area contributed by atoms with Gasteiger partial charge < -0.3 is 14.5 Å². The minimum atomic E-state index is -0.827. The Morgan fingerprint density at radius 1 is 1.33 bits per heavy atom. The molecule has 2 aromatic heterocycles. The highest BCUT2D eigenvalue weighted by atomic mass is 16.5. The lowest BCUT2D eigenvalue weighted by Crippen LogP contribution is -2.52. The maximum atomic E-state index is 11.2. The second kappa shape index (κ2) is 5.90. The summed E-state index contributed by atoms with van der Waals surface area (Å²) < 4.78 is 5.51. The van der Waals surface area contributed by atoms with Crippen LogP contribution in [0.3, 0.4) is 0 Å². The molecule has 0 bridgehead atoms. The lowest BCUT2D eigenvalue weighted by atomic mass is 10.1. The summed E-state index contributed by atoms with van der Waals surface area (Å²) in [6, 6.07) is 8.27. The fourth-order valence-corrected chi connectivity index (χ4v) is 3.79. The van der Waals surface area contributed by atoms with E-state index in [1.807, 2.05) is 31.2 Å². The van der Waals surface area contributed by atoms with Gasteiger partial charge in [-0.05, 0) is 31.9 Å². The molecule has 0 aliphatic carbocycles. The van der Waals surface area contributed by atoms with E-state index in [9.17, 15) is 4.79 Å². The van der Waals surface area contributed by atoms with E-state index in [1.165, 1.54) is 4.90 Å². The molecule has 0 saturated carbocycles. The number of aryl methyl sites for hydroxylation is 1. The summed E-state index contributed by atoms with van der Waals surface area (Å²) in [5.74, 6) is 0.682. The summed E-state index contributed by atoms with van der Waals surface area (Å²) in [4.78, 5) is 19.5. The van der Waals surface area contributed by atoms with Crippen molar-refractivity contribution in [2.45, 2.75) is 31.8 Å². The lowest BCUT2D eigenvalue weighted by Gasteiger charge is -2.38. The minimum Gasteiger partial charge on any atom is -0.465 e. The predicted molar refractivity (Wildman–Crippen MR) is 86.5 cm³/mol. The molecular formula is C17H20N4O3. The topological polar surface area (TPSA) is 82.7 Å². The van der Waals surface area contributed by atoms with Crippen molar-refractivity contribution in [2.75, 3.05) is 19.6 Å². The Bertz CT molecular complexity index is 760. The van der Waals surface area contributed by atoms with Crippen molar-refractivity contribution < 1.29 is 14.4 Å². The van der Waals surface area contributed by atoms with Gasteiger partial charge in [-0.15, -0.1) is 0 Å². The van der Waals surface area contributed by atoms with Crippen LogP contribution in [0.5, 0.6) is 0 Å². The number of hydrogen-bond acceptors (Lipinski definition) is 5. The second-order valence-electron chi connectivity index (χ2n) is 6.49. The number of nitrogens with zero attached hydrogens (tertiary/aromatic N) is 4. The highest BCUT2D eigenvalue weighted by molar-refractivity contribution is 5.65. The van der Waals surface area contributed by atoms with Crippen LogP contribution < -0.4 is 0 Å². The first-order valence-corrected chi connectivity index (χ1v) is 8.26. The van der Waals surface area contributed by atoms with E-state index < -0.39 is 6.09 Å². The van der Waals surface area contributed by atoms with Crippen LogP contribution in [0.4, 0.5) is 4.79 Å². The van der Waals surface area contributed by atoms with Gasteiger partial charge in [0.05, 0.1) is 6.04 Å². The van der Waals surface area contributed by atoms with Crippen LogP contribution in [-0.2, 0) is 0 Å². The highest BCUT2D eigenvalue weighted by Crippen LogP contribution is 2.38. The van der Waals surface area contributed by atoms with Crippen molar-refractivity contribution >= 4 is 6.09 Å². The zero-order valence-corrected chi connectivity index (χ0v) is 13.6. The van der Waals surface area contributed by atoms with Gasteiger partial charge in [0.25, 0.3) is 0 Å². The van der Waals surface area contributed by atoms with E-state index in [4.69, 9.17) is 9.63 Å². The third-order valence-corrected chi connectivity index (χ3v) is 4.98. The molecule has 24 heavy (non-hydrogen) atoms. The number of piperazine rings is 1. The van der Waals surface area contributed by atoms with Crippen LogP contribution in [-0.4, -0.2) is 56.8 Å². The Kier molecular flexibility index (Phi) is 3.72. The molecule has 1 N–H and O–H groups in total. The number of hydrogen-bond donors (Lipinski definition) is 1. The molecule has 1 amide bonds. The van der Waals surface area contributed by atoms with Crippen molar-refractivity contribution in [3.05, 3.63) is 35.7 Å². The monoisotopic (exact) mass is 328 g/mol. The molecule has 0 radical (unpaired) electrons. The van der Waals surface area contributed by atoms with Crippen LogP contribution in [0.15, 0.2) is 28.8 Å². The third kappa shape index (κ3) is 2.65. The molecule has 2 aromatic rings. The fraction of sp³-hybridized carbons (Fsp3) is 0.471. The van der Waals surface area contributed by atoms with E-state index in [-0.39, 0.29) is 12.1 Å². The first-order valence-electron chi connectivity index (χ1n) is 8.26. The van der Waals surface area contributed by atoms with Crippen LogP contribution in [0.25, 0.3) is 11.5 Å². The molecule has 4 rings (SSSR count). The summed E-state index contributed by atoms with van der Waals surface area (Å²) >= 11 is 0. The number of carbonyl (C=O) groups is 1. The van der Waals surface area contributed by atoms with Gasteiger partial charge in [0, 0.05) is 37.4 Å². The SMILES string of the molecule is Cc1cccc(-c2cc([C@H]3CC[C@H]4CN(C(=O)O)CCN43)no2)n1. The van der Waals surface area contributed by atoms with Crippen molar-refractivity contribution in [3.8, 4) is 11.5 Å². The second-order valence-corrected chi connectivity index (χ2v) is 6.49. The number of fused-ring (bicyclic) bond motifs is 1. The van der Waals surface area contributed by atoms with Gasteiger partial charge in [0.2, 0.25) is 0 Å². The number of rotatable bonds is 2. The van der Waals surface area contributed by atoms with Gasteiger partial charge in [-0.1, -0.05) is 11.2 Å². The molecule has 2 atom stereocenters. The fourth-order valence-electron chi connectivity index (χ4n) is 3.79. The van der Waals surface area contributed by atoms with Gasteiger partial charge in [0.1, 0.15) is 11.4 Å². The molecule has 126 valence electrons. The molecular weight excluding hydrogens is 308 g/mol. The van der Waals surface area contributed by atoms with Crippen LogP contribution >= 0.6 is 0 Å². The molecule has 0 unspecified atom stereocenters. The molecule has 7 heteroatoms. The normalized spacial score (nSPS) is 24.1. The Hall–Kier alpha value is -2.41. The number of pyridine rings is 1. The Morgan fingerprint density at radius 2 is 2.21 bits per heavy atom. The van der Waals surface area contributed by atoms with Gasteiger partial charge >= 0.3 is 6.09 Å². The van der Waals surface area contributed by atoms with Crippen LogP contribution in [0, 0.1) is 6.92 Å². The van der Waals surface area contributed by atoms with Gasteiger partial charge in [-0.3, -0.25) is 4.90 Å². The maximum Gasteiger partial charge on any atom is 0.407 e. The van der Waals surface area contributed by atoms with Gasteiger partial charge in [0.15, 0.2) is 5.76 Å². The molecule has 2 aliphatic heterocycles. The summed E-state index contributed by atoms with van der Waals surface area (Å²) in [7, 11) is 0. The van der Waals surface area contributed by atoms with Crippen molar-refractivity contribution in [3.63, 3.8) is 0 Å². The van der Waals surface area contributed by atoms with Crippen LogP contribution in [0.1, 0.15) is 30.3 Å². The number of carboxylic acid groups (broad SMARTS) is 1. The molecule has 7 nitrogen and oxygen atoms in total. The number of aromatic nitrogens is 2. The van der Waals surface area contributed by atoms with Crippen molar-refractivity contribution in [1.29, 1.82) is 0 Å². The van der Waals surface area contributed by atoms with E-state index in [2.05, 4.69) is 15.0 Å². The van der Waals surface area contributed by atoms with E-state index in [0.717, 1.165) is 36.5 Å². The van der Waals surface area contributed by atoms with E-state index in [1.54, 1.807) is 0 Å². The zero-order chi connectivity index (χ0) is 16.7. The Morgan fingerprint density at radius 3 is 3.00 bits per heavy atom. The summed E-state index contributed by atoms with van der Waals surface area (Å²) in [6.45, 7) is 3.82. The third-order valence-electron chi connectivity index (χ3n) is 4.98. The first-order chi connectivity index (χ1) is 11.6. The minimum absolute atomic E-state index is 0.202. The number of amides is 1. The molecule has 0 spiro atoms. The zero-order valence-electron chi connectivity index (χ0n) is 13.6. The van der Waals surface area contributed by atoms with E-state index in [0.29, 0.717) is 18.8 Å². The average Bonchev–Trinajstić information content (AvgIpc) is 3.20. The molecule has 4 heterocycles.